The maximum absolute atomic E-state index is 12.3. The molecule has 110 valence electrons. The molecule has 0 radical (unpaired) electrons. The van der Waals surface area contributed by atoms with Crippen molar-refractivity contribution in [3.8, 4) is 5.75 Å². The lowest BCUT2D eigenvalue weighted by Gasteiger charge is -2.19. The van der Waals surface area contributed by atoms with Gasteiger partial charge in [-0.2, -0.15) is 0 Å². The number of anilines is 1. The van der Waals surface area contributed by atoms with Gasteiger partial charge in [0.2, 0.25) is 10.0 Å². The maximum Gasteiger partial charge on any atom is 0.240 e. The van der Waals surface area contributed by atoms with Crippen LogP contribution in [0.3, 0.4) is 0 Å². The lowest BCUT2D eigenvalue weighted by Crippen LogP contribution is -2.41. The second-order valence-corrected chi connectivity index (χ2v) is 7.12. The standard InChI is InChI=1S/C13H18N2O4S/c14-10-7-9(3-4-12(10)16)20(17,18)15-11-5-6-19-13(11)8-1-2-8/h3-4,7-8,11,13,15-16H,1-2,5-6,14H2. The third kappa shape index (κ3) is 2.61. The number of nitrogen functional groups attached to an aromatic ring is 1. The van der Waals surface area contributed by atoms with Crippen LogP contribution in [0.25, 0.3) is 0 Å². The molecule has 1 aliphatic heterocycles. The number of ether oxygens (including phenoxy) is 1. The zero-order chi connectivity index (χ0) is 14.3. The van der Waals surface area contributed by atoms with Crippen molar-refractivity contribution in [3.05, 3.63) is 18.2 Å². The van der Waals surface area contributed by atoms with Gasteiger partial charge in [0.15, 0.2) is 0 Å². The summed E-state index contributed by atoms with van der Waals surface area (Å²) >= 11 is 0. The van der Waals surface area contributed by atoms with Gasteiger partial charge in [-0.15, -0.1) is 0 Å². The number of rotatable bonds is 4. The third-order valence-corrected chi connectivity index (χ3v) is 5.33. The van der Waals surface area contributed by atoms with Crippen LogP contribution in [0.4, 0.5) is 5.69 Å². The molecular formula is C13H18N2O4S. The fraction of sp³-hybridized carbons (Fsp3) is 0.538. The van der Waals surface area contributed by atoms with Gasteiger partial charge >= 0.3 is 0 Å². The van der Waals surface area contributed by atoms with Crippen LogP contribution in [0.5, 0.6) is 5.75 Å². The second-order valence-electron chi connectivity index (χ2n) is 5.41. The monoisotopic (exact) mass is 298 g/mol. The van der Waals surface area contributed by atoms with E-state index >= 15 is 0 Å². The highest BCUT2D eigenvalue weighted by Gasteiger charge is 2.42. The minimum absolute atomic E-state index is 0.0146. The predicted octanol–water partition coefficient (Wildman–Crippen LogP) is 0.820. The number of benzene rings is 1. The van der Waals surface area contributed by atoms with Gasteiger partial charge in [-0.3, -0.25) is 0 Å². The fourth-order valence-corrected chi connectivity index (χ4v) is 3.91. The van der Waals surface area contributed by atoms with Gasteiger partial charge in [0.1, 0.15) is 5.75 Å². The lowest BCUT2D eigenvalue weighted by atomic mass is 10.1. The van der Waals surface area contributed by atoms with Crippen LogP contribution in [0.15, 0.2) is 23.1 Å². The first-order valence-corrected chi connectivity index (χ1v) is 8.18. The van der Waals surface area contributed by atoms with Gasteiger partial charge < -0.3 is 15.6 Å². The Morgan fingerprint density at radius 2 is 2.05 bits per heavy atom. The molecule has 20 heavy (non-hydrogen) atoms. The van der Waals surface area contributed by atoms with Crippen molar-refractivity contribution < 1.29 is 18.3 Å². The predicted molar refractivity (Wildman–Crippen MR) is 73.7 cm³/mol. The van der Waals surface area contributed by atoms with Crippen LogP contribution in [-0.4, -0.2) is 32.3 Å². The average molecular weight is 298 g/mol. The van der Waals surface area contributed by atoms with Crippen molar-refractivity contribution in [2.45, 2.75) is 36.3 Å². The van der Waals surface area contributed by atoms with Crippen molar-refractivity contribution >= 4 is 15.7 Å². The van der Waals surface area contributed by atoms with Crippen molar-refractivity contribution in [2.24, 2.45) is 5.92 Å². The zero-order valence-corrected chi connectivity index (χ0v) is 11.8. The molecule has 6 nitrogen and oxygen atoms in total. The number of sulfonamides is 1. The third-order valence-electron chi connectivity index (χ3n) is 3.84. The van der Waals surface area contributed by atoms with Crippen molar-refractivity contribution in [2.75, 3.05) is 12.3 Å². The number of phenolic OH excluding ortho intramolecular Hbond substituents is 1. The molecule has 0 bridgehead atoms. The summed E-state index contributed by atoms with van der Waals surface area (Å²) in [6.45, 7) is 0.589. The lowest BCUT2D eigenvalue weighted by molar-refractivity contribution is 0.0848. The Hall–Kier alpha value is -1.31. The van der Waals surface area contributed by atoms with E-state index in [9.17, 15) is 13.5 Å². The molecule has 2 fully saturated rings. The number of hydrogen-bond acceptors (Lipinski definition) is 5. The van der Waals surface area contributed by atoms with E-state index in [2.05, 4.69) is 4.72 Å². The largest absolute Gasteiger partial charge is 0.506 e. The van der Waals surface area contributed by atoms with Crippen molar-refractivity contribution in [1.29, 1.82) is 0 Å². The number of hydrogen-bond donors (Lipinski definition) is 3. The van der Waals surface area contributed by atoms with Crippen LogP contribution < -0.4 is 10.5 Å². The molecule has 7 heteroatoms. The Kier molecular flexibility index (Phi) is 3.35. The van der Waals surface area contributed by atoms with Gasteiger partial charge in [0.05, 0.1) is 22.7 Å². The van der Waals surface area contributed by atoms with Crippen molar-refractivity contribution in [3.63, 3.8) is 0 Å². The Morgan fingerprint density at radius 1 is 1.30 bits per heavy atom. The van der Waals surface area contributed by atoms with Crippen LogP contribution in [0.2, 0.25) is 0 Å². The first-order valence-electron chi connectivity index (χ1n) is 6.70. The van der Waals surface area contributed by atoms with E-state index < -0.39 is 10.0 Å². The van der Waals surface area contributed by atoms with Crippen LogP contribution in [0.1, 0.15) is 19.3 Å². The molecule has 1 aromatic rings. The Labute approximate surface area is 118 Å². The summed E-state index contributed by atoms with van der Waals surface area (Å²) in [5.74, 6) is 0.360. The quantitative estimate of drug-likeness (QED) is 0.564. The summed E-state index contributed by atoms with van der Waals surface area (Å²) in [6.07, 6.45) is 2.89. The molecular weight excluding hydrogens is 280 g/mol. The van der Waals surface area contributed by atoms with Gasteiger partial charge in [0, 0.05) is 6.61 Å². The van der Waals surface area contributed by atoms with Gasteiger partial charge in [-0.1, -0.05) is 0 Å². The van der Waals surface area contributed by atoms with Crippen molar-refractivity contribution in [1.82, 2.24) is 4.72 Å². The summed E-state index contributed by atoms with van der Waals surface area (Å²) in [5, 5.41) is 9.36. The minimum Gasteiger partial charge on any atom is -0.506 e. The molecule has 2 atom stereocenters. The Bertz CT molecular complexity index is 613. The van der Waals surface area contributed by atoms with E-state index in [0.717, 1.165) is 12.8 Å². The van der Waals surface area contributed by atoms with Gasteiger partial charge in [-0.25, -0.2) is 13.1 Å². The zero-order valence-electron chi connectivity index (χ0n) is 11.0. The molecule has 3 rings (SSSR count). The number of phenols is 1. The van der Waals surface area contributed by atoms with E-state index in [0.29, 0.717) is 18.9 Å². The summed E-state index contributed by atoms with van der Waals surface area (Å²) in [7, 11) is -3.64. The van der Waals surface area contributed by atoms with E-state index in [1.807, 2.05) is 0 Å². The second kappa shape index (κ2) is 4.91. The molecule has 2 unspecified atom stereocenters. The molecule has 2 aliphatic rings. The molecule has 0 spiro atoms. The summed E-state index contributed by atoms with van der Waals surface area (Å²) in [5.41, 5.74) is 5.59. The van der Waals surface area contributed by atoms with E-state index in [1.54, 1.807) is 0 Å². The molecule has 1 saturated carbocycles. The minimum atomic E-state index is -3.64. The number of aromatic hydroxyl groups is 1. The summed E-state index contributed by atoms with van der Waals surface area (Å²) < 4.78 is 33.0. The summed E-state index contributed by atoms with van der Waals surface area (Å²) in [4.78, 5) is 0.0641. The van der Waals surface area contributed by atoms with E-state index in [1.165, 1.54) is 18.2 Å². The normalized spacial score (nSPS) is 26.8. The van der Waals surface area contributed by atoms with Crippen LogP contribution >= 0.6 is 0 Å². The Balaban J connectivity index is 1.79. The van der Waals surface area contributed by atoms with Gasteiger partial charge in [0.25, 0.3) is 0 Å². The highest BCUT2D eigenvalue weighted by molar-refractivity contribution is 7.89. The average Bonchev–Trinajstić information content (AvgIpc) is 3.14. The Morgan fingerprint density at radius 3 is 2.70 bits per heavy atom. The molecule has 0 amide bonds. The topological polar surface area (TPSA) is 102 Å². The van der Waals surface area contributed by atoms with E-state index in [4.69, 9.17) is 10.5 Å². The molecule has 4 N–H and O–H groups in total. The number of nitrogens with two attached hydrogens (primary N) is 1. The maximum atomic E-state index is 12.3. The van der Waals surface area contributed by atoms with E-state index in [-0.39, 0.29) is 28.5 Å². The van der Waals surface area contributed by atoms with Crippen LogP contribution in [-0.2, 0) is 14.8 Å². The SMILES string of the molecule is Nc1cc(S(=O)(=O)NC2CCOC2C2CC2)ccc1O. The summed E-state index contributed by atoms with van der Waals surface area (Å²) in [6, 6.07) is 3.71. The highest BCUT2D eigenvalue weighted by atomic mass is 32.2. The molecule has 1 saturated heterocycles. The van der Waals surface area contributed by atoms with Gasteiger partial charge in [-0.05, 0) is 43.4 Å². The fourth-order valence-electron chi connectivity index (χ4n) is 2.59. The molecule has 0 aromatic heterocycles. The smallest absolute Gasteiger partial charge is 0.240 e. The molecule has 1 aromatic carbocycles. The molecule has 1 heterocycles. The first kappa shape index (κ1) is 13.7. The molecule has 1 aliphatic carbocycles. The first-order chi connectivity index (χ1) is 9.47. The van der Waals surface area contributed by atoms with Crippen LogP contribution in [0, 0.1) is 5.92 Å². The number of nitrogens with one attached hydrogen (secondary N) is 1. The highest BCUT2D eigenvalue weighted by Crippen LogP contribution is 2.39.